The fraction of sp³-hybridized carbons (Fsp3) is 0.467. The van der Waals surface area contributed by atoms with Gasteiger partial charge in [0.2, 0.25) is 0 Å². The quantitative estimate of drug-likeness (QED) is 0.756. The largest absolute Gasteiger partial charge is 0.342 e. The van der Waals surface area contributed by atoms with Crippen LogP contribution in [0.1, 0.15) is 37.7 Å². The van der Waals surface area contributed by atoms with E-state index < -0.39 is 0 Å². The molecule has 0 amide bonds. The first-order valence-corrected chi connectivity index (χ1v) is 6.42. The van der Waals surface area contributed by atoms with Gasteiger partial charge < -0.3 is 4.57 Å². The number of rotatable bonds is 2. The van der Waals surface area contributed by atoms with Crippen LogP contribution in [0, 0.1) is 0 Å². The van der Waals surface area contributed by atoms with Gasteiger partial charge in [-0.15, -0.1) is 0 Å². The third kappa shape index (κ3) is 2.89. The van der Waals surface area contributed by atoms with Gasteiger partial charge in [-0.1, -0.05) is 32.6 Å². The summed E-state index contributed by atoms with van der Waals surface area (Å²) in [6.07, 6.45) is 6.21. The molecule has 0 aliphatic carbocycles. The zero-order chi connectivity index (χ0) is 12.8. The SMILES string of the molecule is C=Cc1cc2n(c1/C=C\C)CCN(C)C2.CC. The van der Waals surface area contributed by atoms with E-state index >= 15 is 0 Å². The van der Waals surface area contributed by atoms with Gasteiger partial charge in [-0.3, -0.25) is 4.90 Å². The summed E-state index contributed by atoms with van der Waals surface area (Å²) in [5.41, 5.74) is 3.95. The summed E-state index contributed by atoms with van der Waals surface area (Å²) in [5, 5.41) is 0. The molecule has 2 heteroatoms. The lowest BCUT2D eigenvalue weighted by molar-refractivity contribution is 0.269. The predicted molar refractivity (Wildman–Crippen MR) is 76.9 cm³/mol. The maximum absolute atomic E-state index is 3.88. The number of nitrogens with zero attached hydrogens (tertiary/aromatic N) is 2. The smallest absolute Gasteiger partial charge is 0.0479 e. The Morgan fingerprint density at radius 3 is 2.59 bits per heavy atom. The molecule has 0 radical (unpaired) electrons. The highest BCUT2D eigenvalue weighted by Crippen LogP contribution is 2.22. The summed E-state index contributed by atoms with van der Waals surface area (Å²) >= 11 is 0. The van der Waals surface area contributed by atoms with Crippen LogP contribution >= 0.6 is 0 Å². The predicted octanol–water partition coefficient (Wildman–Crippen LogP) is 3.64. The highest BCUT2D eigenvalue weighted by molar-refractivity contribution is 5.63. The molecule has 0 unspecified atom stereocenters. The molecule has 2 rings (SSSR count). The summed E-state index contributed by atoms with van der Waals surface area (Å²) in [5.74, 6) is 0. The number of aromatic nitrogens is 1. The van der Waals surface area contributed by atoms with E-state index in [-0.39, 0.29) is 0 Å². The molecule has 0 saturated carbocycles. The molecule has 17 heavy (non-hydrogen) atoms. The molecule has 94 valence electrons. The maximum Gasteiger partial charge on any atom is 0.0479 e. The van der Waals surface area contributed by atoms with E-state index in [0.717, 1.165) is 19.6 Å². The van der Waals surface area contributed by atoms with Crippen molar-refractivity contribution in [1.82, 2.24) is 9.47 Å². The first-order chi connectivity index (χ1) is 8.26. The molecule has 0 saturated heterocycles. The van der Waals surface area contributed by atoms with Gasteiger partial charge in [-0.25, -0.2) is 0 Å². The van der Waals surface area contributed by atoms with Crippen LogP contribution < -0.4 is 0 Å². The van der Waals surface area contributed by atoms with Crippen LogP contribution in [0.4, 0.5) is 0 Å². The van der Waals surface area contributed by atoms with Crippen LogP contribution in [0.5, 0.6) is 0 Å². The van der Waals surface area contributed by atoms with Gasteiger partial charge in [0.1, 0.15) is 0 Å². The van der Waals surface area contributed by atoms with Crippen molar-refractivity contribution in [1.29, 1.82) is 0 Å². The average Bonchev–Trinajstić information content (AvgIpc) is 2.69. The van der Waals surface area contributed by atoms with Crippen molar-refractivity contribution in [2.24, 2.45) is 0 Å². The second kappa shape index (κ2) is 6.45. The van der Waals surface area contributed by atoms with Crippen LogP contribution in [-0.4, -0.2) is 23.1 Å². The Balaban J connectivity index is 0.000000686. The minimum Gasteiger partial charge on any atom is -0.342 e. The summed E-state index contributed by atoms with van der Waals surface area (Å²) < 4.78 is 2.40. The second-order valence-corrected chi connectivity index (χ2v) is 4.07. The molecule has 1 aliphatic rings. The summed E-state index contributed by atoms with van der Waals surface area (Å²) in [4.78, 5) is 2.35. The van der Waals surface area contributed by atoms with Crippen LogP contribution in [0.15, 0.2) is 18.7 Å². The fourth-order valence-corrected chi connectivity index (χ4v) is 2.17. The van der Waals surface area contributed by atoms with Gasteiger partial charge in [0.05, 0.1) is 0 Å². The average molecular weight is 232 g/mol. The Labute approximate surface area is 105 Å². The molecule has 0 atom stereocenters. The molecule has 0 fully saturated rings. The maximum atomic E-state index is 3.88. The molecule has 1 aromatic heterocycles. The molecule has 0 aromatic carbocycles. The van der Waals surface area contributed by atoms with Gasteiger partial charge >= 0.3 is 0 Å². The number of hydrogen-bond acceptors (Lipinski definition) is 1. The van der Waals surface area contributed by atoms with Crippen molar-refractivity contribution in [3.63, 3.8) is 0 Å². The monoisotopic (exact) mass is 232 g/mol. The Kier molecular flexibility index (Phi) is 5.23. The Morgan fingerprint density at radius 1 is 1.29 bits per heavy atom. The van der Waals surface area contributed by atoms with Crippen LogP contribution in [-0.2, 0) is 13.1 Å². The van der Waals surface area contributed by atoms with E-state index in [1.807, 2.05) is 19.9 Å². The van der Waals surface area contributed by atoms with E-state index in [9.17, 15) is 0 Å². The first-order valence-electron chi connectivity index (χ1n) is 6.42. The lowest BCUT2D eigenvalue weighted by Crippen LogP contribution is -2.30. The van der Waals surface area contributed by atoms with Gasteiger partial charge in [0, 0.05) is 31.0 Å². The normalized spacial score (nSPS) is 15.3. The number of hydrogen-bond donors (Lipinski definition) is 0. The van der Waals surface area contributed by atoms with Crippen molar-refractivity contribution < 1.29 is 0 Å². The molecular weight excluding hydrogens is 208 g/mol. The van der Waals surface area contributed by atoms with E-state index in [1.165, 1.54) is 17.0 Å². The molecule has 2 nitrogen and oxygen atoms in total. The number of allylic oxidation sites excluding steroid dienone is 1. The molecule has 0 spiro atoms. The Hall–Kier alpha value is -1.28. The molecule has 0 N–H and O–H groups in total. The van der Waals surface area contributed by atoms with Crippen LogP contribution in [0.25, 0.3) is 12.2 Å². The molecular formula is C15H24N2. The highest BCUT2D eigenvalue weighted by atomic mass is 15.2. The molecule has 2 heterocycles. The Morgan fingerprint density at radius 2 is 2.00 bits per heavy atom. The van der Waals surface area contributed by atoms with Crippen molar-refractivity contribution in [2.75, 3.05) is 13.6 Å². The van der Waals surface area contributed by atoms with Gasteiger partial charge in [-0.2, -0.15) is 0 Å². The summed E-state index contributed by atoms with van der Waals surface area (Å²) in [6, 6.07) is 2.25. The van der Waals surface area contributed by atoms with E-state index in [2.05, 4.69) is 48.2 Å². The van der Waals surface area contributed by atoms with Crippen LogP contribution in [0.2, 0.25) is 0 Å². The lowest BCUT2D eigenvalue weighted by Gasteiger charge is -2.25. The Bertz CT molecular complexity index is 399. The second-order valence-electron chi connectivity index (χ2n) is 4.07. The van der Waals surface area contributed by atoms with Crippen molar-refractivity contribution in [2.45, 2.75) is 33.9 Å². The first kappa shape index (κ1) is 13.8. The topological polar surface area (TPSA) is 8.17 Å². The summed E-state index contributed by atoms with van der Waals surface area (Å²) in [7, 11) is 2.17. The minimum atomic E-state index is 1.04. The van der Waals surface area contributed by atoms with E-state index in [4.69, 9.17) is 0 Å². The number of likely N-dealkylation sites (N-methyl/N-ethyl adjacent to an activating group) is 1. The zero-order valence-corrected chi connectivity index (χ0v) is 11.5. The standard InChI is InChI=1S/C13H18N2.C2H6/c1-4-6-13-11(5-2)9-12-10-14(3)7-8-15(12)13;1-2/h4-6,9H,2,7-8,10H2,1,3H3;1-2H3/b6-4-;. The van der Waals surface area contributed by atoms with Crippen molar-refractivity contribution >= 4 is 12.2 Å². The van der Waals surface area contributed by atoms with Gasteiger partial charge in [0.25, 0.3) is 0 Å². The summed E-state index contributed by atoms with van der Waals surface area (Å²) in [6.45, 7) is 13.2. The highest BCUT2D eigenvalue weighted by Gasteiger charge is 2.17. The molecule has 0 bridgehead atoms. The third-order valence-electron chi connectivity index (χ3n) is 2.94. The van der Waals surface area contributed by atoms with Gasteiger partial charge in [-0.05, 0) is 31.7 Å². The molecule has 1 aromatic rings. The number of fused-ring (bicyclic) bond motifs is 1. The van der Waals surface area contributed by atoms with E-state index in [0.29, 0.717) is 0 Å². The zero-order valence-electron chi connectivity index (χ0n) is 11.5. The van der Waals surface area contributed by atoms with Crippen LogP contribution in [0.3, 0.4) is 0 Å². The minimum absolute atomic E-state index is 1.04. The van der Waals surface area contributed by atoms with Gasteiger partial charge in [0.15, 0.2) is 0 Å². The lowest BCUT2D eigenvalue weighted by atomic mass is 10.2. The third-order valence-corrected chi connectivity index (χ3v) is 2.94. The fourth-order valence-electron chi connectivity index (χ4n) is 2.17. The van der Waals surface area contributed by atoms with E-state index in [1.54, 1.807) is 0 Å². The van der Waals surface area contributed by atoms with Crippen molar-refractivity contribution in [3.05, 3.63) is 35.7 Å². The molecule has 1 aliphatic heterocycles. The van der Waals surface area contributed by atoms with Crippen molar-refractivity contribution in [3.8, 4) is 0 Å².